The third kappa shape index (κ3) is 3.92. The van der Waals surface area contributed by atoms with Gasteiger partial charge in [0.2, 0.25) is 11.8 Å². The normalized spacial score (nSPS) is 21.5. The number of nitrogens with zero attached hydrogens (tertiary/aromatic N) is 2. The average molecular weight is 383 g/mol. The Morgan fingerprint density at radius 1 is 1.18 bits per heavy atom. The summed E-state index contributed by atoms with van der Waals surface area (Å²) in [6.45, 7) is 6.11. The van der Waals surface area contributed by atoms with E-state index in [0.717, 1.165) is 74.3 Å². The molecule has 0 aliphatic carbocycles. The second-order valence-corrected chi connectivity index (χ2v) is 7.78. The minimum atomic E-state index is 0.162. The molecule has 3 heterocycles. The van der Waals surface area contributed by atoms with Crippen molar-refractivity contribution < 1.29 is 14.0 Å². The van der Waals surface area contributed by atoms with Gasteiger partial charge in [-0.25, -0.2) is 0 Å². The number of para-hydroxylation sites is 1. The number of furan rings is 1. The summed E-state index contributed by atoms with van der Waals surface area (Å²) in [4.78, 5) is 29.0. The molecule has 0 saturated carbocycles. The van der Waals surface area contributed by atoms with E-state index in [-0.39, 0.29) is 11.8 Å². The number of hydrogen-bond acceptors (Lipinski definition) is 4. The minimum Gasteiger partial charge on any atom is -0.461 e. The van der Waals surface area contributed by atoms with E-state index in [1.165, 1.54) is 0 Å². The first-order valence-electron chi connectivity index (χ1n) is 10.4. The number of aryl methyl sites for hydroxylation is 1. The molecule has 2 saturated heterocycles. The SMILES string of the molecule is CCc1oc2ccccc2c1CC(=O)N1CCN(C2CCNC(=O)CC2)CC1. The van der Waals surface area contributed by atoms with Gasteiger partial charge >= 0.3 is 0 Å². The summed E-state index contributed by atoms with van der Waals surface area (Å²) in [5, 5.41) is 4.01. The van der Waals surface area contributed by atoms with Crippen LogP contribution in [0, 0.1) is 0 Å². The van der Waals surface area contributed by atoms with Crippen molar-refractivity contribution in [2.24, 2.45) is 0 Å². The number of nitrogens with one attached hydrogen (secondary N) is 1. The van der Waals surface area contributed by atoms with E-state index in [0.29, 0.717) is 18.9 Å². The minimum absolute atomic E-state index is 0.162. The molecule has 2 aliphatic heterocycles. The molecule has 6 nitrogen and oxygen atoms in total. The number of rotatable bonds is 4. The van der Waals surface area contributed by atoms with Gasteiger partial charge in [0.25, 0.3) is 0 Å². The third-order valence-corrected chi connectivity index (χ3v) is 6.12. The number of amides is 2. The summed E-state index contributed by atoms with van der Waals surface area (Å²) < 4.78 is 5.94. The highest BCUT2D eigenvalue weighted by Gasteiger charge is 2.28. The lowest BCUT2D eigenvalue weighted by atomic mass is 10.0. The van der Waals surface area contributed by atoms with Crippen molar-refractivity contribution in [2.45, 2.75) is 45.1 Å². The molecule has 1 aromatic carbocycles. The van der Waals surface area contributed by atoms with Gasteiger partial charge in [-0.3, -0.25) is 14.5 Å². The van der Waals surface area contributed by atoms with Crippen LogP contribution in [0.25, 0.3) is 11.0 Å². The molecule has 1 aromatic heterocycles. The zero-order valence-corrected chi connectivity index (χ0v) is 16.6. The van der Waals surface area contributed by atoms with Crippen molar-refractivity contribution in [2.75, 3.05) is 32.7 Å². The molecule has 2 aromatic rings. The lowest BCUT2D eigenvalue weighted by Gasteiger charge is -2.39. The summed E-state index contributed by atoms with van der Waals surface area (Å²) >= 11 is 0. The first-order valence-corrected chi connectivity index (χ1v) is 10.4. The van der Waals surface area contributed by atoms with Crippen molar-refractivity contribution in [3.8, 4) is 0 Å². The van der Waals surface area contributed by atoms with Gasteiger partial charge in [-0.2, -0.15) is 0 Å². The van der Waals surface area contributed by atoms with E-state index in [1.54, 1.807) is 0 Å². The summed E-state index contributed by atoms with van der Waals surface area (Å²) in [5.41, 5.74) is 1.90. The molecule has 2 aliphatic rings. The van der Waals surface area contributed by atoms with Crippen LogP contribution in [0.4, 0.5) is 0 Å². The van der Waals surface area contributed by atoms with Crippen LogP contribution in [0.3, 0.4) is 0 Å². The van der Waals surface area contributed by atoms with E-state index in [9.17, 15) is 9.59 Å². The molecule has 0 radical (unpaired) electrons. The fourth-order valence-corrected chi connectivity index (χ4v) is 4.50. The zero-order valence-electron chi connectivity index (χ0n) is 16.6. The monoisotopic (exact) mass is 383 g/mol. The second-order valence-electron chi connectivity index (χ2n) is 7.78. The van der Waals surface area contributed by atoms with Gasteiger partial charge in [-0.1, -0.05) is 25.1 Å². The molecule has 1 unspecified atom stereocenters. The molecule has 1 atom stereocenters. The Labute approximate surface area is 165 Å². The Morgan fingerprint density at radius 3 is 2.75 bits per heavy atom. The fraction of sp³-hybridized carbons (Fsp3) is 0.545. The first kappa shape index (κ1) is 19.0. The van der Waals surface area contributed by atoms with Crippen molar-refractivity contribution in [1.82, 2.24) is 15.1 Å². The number of carbonyl (C=O) groups is 2. The zero-order chi connectivity index (χ0) is 19.5. The highest BCUT2D eigenvalue weighted by atomic mass is 16.3. The fourth-order valence-electron chi connectivity index (χ4n) is 4.50. The number of carbonyl (C=O) groups excluding carboxylic acids is 2. The predicted molar refractivity (Wildman–Crippen MR) is 108 cm³/mol. The summed E-state index contributed by atoms with van der Waals surface area (Å²) in [6, 6.07) is 8.41. The highest BCUT2D eigenvalue weighted by Crippen LogP contribution is 2.27. The van der Waals surface area contributed by atoms with Crippen LogP contribution in [0.15, 0.2) is 28.7 Å². The van der Waals surface area contributed by atoms with Crippen molar-refractivity contribution in [1.29, 1.82) is 0 Å². The number of hydrogen-bond donors (Lipinski definition) is 1. The Hall–Kier alpha value is -2.34. The maximum Gasteiger partial charge on any atom is 0.227 e. The van der Waals surface area contributed by atoms with E-state index < -0.39 is 0 Å². The molecule has 4 rings (SSSR count). The van der Waals surface area contributed by atoms with Crippen LogP contribution >= 0.6 is 0 Å². The second kappa shape index (κ2) is 8.35. The maximum atomic E-state index is 13.0. The summed E-state index contributed by atoms with van der Waals surface area (Å²) in [7, 11) is 0. The lowest BCUT2D eigenvalue weighted by Crippen LogP contribution is -2.52. The maximum absolute atomic E-state index is 13.0. The Bertz CT molecular complexity index is 852. The first-order chi connectivity index (χ1) is 13.7. The smallest absolute Gasteiger partial charge is 0.227 e. The Kier molecular flexibility index (Phi) is 5.67. The van der Waals surface area contributed by atoms with E-state index >= 15 is 0 Å². The van der Waals surface area contributed by atoms with Crippen LogP contribution in [0.1, 0.15) is 37.5 Å². The highest BCUT2D eigenvalue weighted by molar-refractivity contribution is 5.88. The lowest BCUT2D eigenvalue weighted by molar-refractivity contribution is -0.132. The molecular weight excluding hydrogens is 354 g/mol. The quantitative estimate of drug-likeness (QED) is 0.880. The van der Waals surface area contributed by atoms with E-state index in [2.05, 4.69) is 17.1 Å². The van der Waals surface area contributed by atoms with Crippen LogP contribution < -0.4 is 5.32 Å². The van der Waals surface area contributed by atoms with Crippen molar-refractivity contribution >= 4 is 22.8 Å². The number of benzene rings is 1. The molecule has 28 heavy (non-hydrogen) atoms. The molecular formula is C22H29N3O3. The molecule has 2 amide bonds. The van der Waals surface area contributed by atoms with Gasteiger partial charge in [0.1, 0.15) is 11.3 Å². The van der Waals surface area contributed by atoms with Gasteiger partial charge in [-0.05, 0) is 18.9 Å². The molecule has 0 spiro atoms. The number of fused-ring (bicyclic) bond motifs is 1. The van der Waals surface area contributed by atoms with Crippen LogP contribution in [-0.2, 0) is 22.4 Å². The predicted octanol–water partition coefficient (Wildman–Crippen LogP) is 2.35. The topological polar surface area (TPSA) is 65.8 Å². The third-order valence-electron chi connectivity index (χ3n) is 6.12. The van der Waals surface area contributed by atoms with Crippen molar-refractivity contribution in [3.05, 3.63) is 35.6 Å². The van der Waals surface area contributed by atoms with E-state index in [1.807, 2.05) is 29.2 Å². The van der Waals surface area contributed by atoms with Crippen molar-refractivity contribution in [3.63, 3.8) is 0 Å². The van der Waals surface area contributed by atoms with Gasteiger partial charge in [0.15, 0.2) is 0 Å². The Morgan fingerprint density at radius 2 is 1.96 bits per heavy atom. The average Bonchev–Trinajstić information content (AvgIpc) is 2.92. The molecule has 2 fully saturated rings. The van der Waals surface area contributed by atoms with Gasteiger partial charge < -0.3 is 14.6 Å². The number of piperazine rings is 1. The molecule has 1 N–H and O–H groups in total. The molecule has 6 heteroatoms. The van der Waals surface area contributed by atoms with Gasteiger partial charge in [0, 0.05) is 62.6 Å². The molecule has 0 bridgehead atoms. The molecule has 150 valence electrons. The van der Waals surface area contributed by atoms with Crippen LogP contribution in [0.5, 0.6) is 0 Å². The summed E-state index contributed by atoms with van der Waals surface area (Å²) in [5.74, 6) is 1.26. The van der Waals surface area contributed by atoms with E-state index in [4.69, 9.17) is 4.42 Å². The van der Waals surface area contributed by atoms with Gasteiger partial charge in [-0.15, -0.1) is 0 Å². The largest absolute Gasteiger partial charge is 0.461 e. The standard InChI is InChI=1S/C22H29N3O3/c1-2-19-18(17-5-3-4-6-20(17)28-19)15-22(27)25-13-11-24(12-14-25)16-7-8-21(26)23-10-9-16/h3-6,16H,2,7-15H2,1H3,(H,23,26). The van der Waals surface area contributed by atoms with Crippen LogP contribution in [0.2, 0.25) is 0 Å². The Balaban J connectivity index is 1.38. The summed E-state index contributed by atoms with van der Waals surface area (Å²) in [6.07, 6.45) is 3.72. The van der Waals surface area contributed by atoms with Gasteiger partial charge in [0.05, 0.1) is 6.42 Å². The van der Waals surface area contributed by atoms with Crippen LogP contribution in [-0.4, -0.2) is 60.4 Å².